The summed E-state index contributed by atoms with van der Waals surface area (Å²) in [4.78, 5) is 0. The van der Waals surface area contributed by atoms with E-state index >= 15 is 0 Å². The molecule has 0 aromatic carbocycles. The van der Waals surface area contributed by atoms with E-state index in [-0.39, 0.29) is 19.2 Å². The number of hydrogen-bond donors (Lipinski definition) is 1. The molecule has 2 heteroatoms. The average Bonchev–Trinajstić information content (AvgIpc) is 1.68. The number of aliphatic hydroxyl groups is 1. The molecule has 1 unspecified atom stereocenters. The van der Waals surface area contributed by atoms with Gasteiger partial charge in [0.1, 0.15) is 0 Å². The summed E-state index contributed by atoms with van der Waals surface area (Å²) >= 11 is 0. The maximum Gasteiger partial charge on any atom is 0.0920 e. The van der Waals surface area contributed by atoms with E-state index in [2.05, 4.69) is 0 Å². The summed E-state index contributed by atoms with van der Waals surface area (Å²) in [5.41, 5.74) is 0. The summed E-state index contributed by atoms with van der Waals surface area (Å²) in [7, 11) is 0. The van der Waals surface area contributed by atoms with Gasteiger partial charge in [0.05, 0.1) is 6.67 Å². The van der Waals surface area contributed by atoms with E-state index in [4.69, 9.17) is 5.11 Å². The summed E-state index contributed by atoms with van der Waals surface area (Å²) in [6.07, 6.45) is 0.580. The maximum atomic E-state index is 11.5. The predicted molar refractivity (Wildman–Crippen MR) is 26.8 cm³/mol. The lowest BCUT2D eigenvalue weighted by Crippen LogP contribution is -1.98. The van der Waals surface area contributed by atoms with E-state index in [0.29, 0.717) is 6.42 Å². The van der Waals surface area contributed by atoms with E-state index in [0.717, 1.165) is 0 Å². The van der Waals surface area contributed by atoms with Crippen LogP contribution in [-0.2, 0) is 0 Å². The minimum absolute atomic E-state index is 0.0324. The van der Waals surface area contributed by atoms with Crippen LogP contribution >= 0.6 is 0 Å². The highest BCUT2D eigenvalue weighted by Gasteiger charge is 1.96. The topological polar surface area (TPSA) is 20.2 Å². The van der Waals surface area contributed by atoms with E-state index in [1.165, 1.54) is 0 Å². The molecule has 0 spiro atoms. The van der Waals surface area contributed by atoms with Crippen molar-refractivity contribution in [3.63, 3.8) is 0 Å². The zero-order valence-corrected chi connectivity index (χ0v) is 4.52. The lowest BCUT2D eigenvalue weighted by atomic mass is 10.1. The van der Waals surface area contributed by atoms with E-state index in [1.54, 1.807) is 6.92 Å². The van der Waals surface area contributed by atoms with Crippen molar-refractivity contribution in [1.82, 2.24) is 0 Å². The van der Waals surface area contributed by atoms with Crippen LogP contribution in [-0.4, -0.2) is 18.4 Å². The van der Waals surface area contributed by atoms with Crippen molar-refractivity contribution >= 4 is 0 Å². The molecule has 0 fully saturated rings. The minimum Gasteiger partial charge on any atom is -0.396 e. The molecule has 0 radical (unpaired) electrons. The Bertz CT molecular complexity index is 39.1. The molecule has 1 N–H and O–H groups in total. The Morgan fingerprint density at radius 1 is 1.71 bits per heavy atom. The van der Waals surface area contributed by atoms with Crippen molar-refractivity contribution in [2.45, 2.75) is 13.3 Å². The Labute approximate surface area is 43.2 Å². The van der Waals surface area contributed by atoms with Crippen LogP contribution in [0, 0.1) is 5.92 Å². The van der Waals surface area contributed by atoms with Crippen molar-refractivity contribution in [1.29, 1.82) is 0 Å². The number of aliphatic hydroxyl groups excluding tert-OH is 1. The number of hydrogen-bond acceptors (Lipinski definition) is 1. The van der Waals surface area contributed by atoms with Crippen LogP contribution in [0.4, 0.5) is 4.39 Å². The van der Waals surface area contributed by atoms with Crippen molar-refractivity contribution in [3.05, 3.63) is 0 Å². The Morgan fingerprint density at radius 3 is 2.43 bits per heavy atom. The number of rotatable bonds is 3. The molecule has 0 saturated carbocycles. The second-order valence-electron chi connectivity index (χ2n) is 1.77. The summed E-state index contributed by atoms with van der Waals surface area (Å²) in [5.74, 6) is 0.0324. The van der Waals surface area contributed by atoms with E-state index in [1.807, 2.05) is 0 Å². The predicted octanol–water partition coefficient (Wildman–Crippen LogP) is 0.974. The summed E-state index contributed by atoms with van der Waals surface area (Å²) < 4.78 is 11.5. The first-order chi connectivity index (χ1) is 3.31. The second-order valence-corrected chi connectivity index (χ2v) is 1.77. The first-order valence-corrected chi connectivity index (χ1v) is 2.48. The summed E-state index contributed by atoms with van der Waals surface area (Å²) in [6.45, 7) is 1.56. The molecule has 0 saturated heterocycles. The Kier molecular flexibility index (Phi) is 4.00. The molecule has 0 rings (SSSR count). The molecule has 1 nitrogen and oxygen atoms in total. The lowest BCUT2D eigenvalue weighted by Gasteiger charge is -1.99. The monoisotopic (exact) mass is 106 g/mol. The third kappa shape index (κ3) is 3.73. The molecule has 0 bridgehead atoms. The van der Waals surface area contributed by atoms with Crippen LogP contribution in [0.25, 0.3) is 0 Å². The Balaban J connectivity index is 2.83. The van der Waals surface area contributed by atoms with E-state index < -0.39 is 0 Å². The maximum absolute atomic E-state index is 11.5. The van der Waals surface area contributed by atoms with Crippen molar-refractivity contribution in [2.24, 2.45) is 5.92 Å². The Morgan fingerprint density at radius 2 is 2.29 bits per heavy atom. The largest absolute Gasteiger partial charge is 0.396 e. The normalized spacial score (nSPS) is 14.1. The van der Waals surface area contributed by atoms with Gasteiger partial charge >= 0.3 is 0 Å². The van der Waals surface area contributed by atoms with Gasteiger partial charge in [-0.1, -0.05) is 6.92 Å². The van der Waals surface area contributed by atoms with Gasteiger partial charge in [-0.2, -0.15) is 0 Å². The lowest BCUT2D eigenvalue weighted by molar-refractivity contribution is 0.244. The van der Waals surface area contributed by atoms with Crippen LogP contribution in [0.1, 0.15) is 13.3 Å². The molecular weight excluding hydrogens is 95.1 g/mol. The van der Waals surface area contributed by atoms with Crippen molar-refractivity contribution < 1.29 is 9.50 Å². The molecule has 7 heavy (non-hydrogen) atoms. The van der Waals surface area contributed by atoms with Crippen LogP contribution in [0.3, 0.4) is 0 Å². The minimum atomic E-state index is -0.319. The number of alkyl halides is 1. The van der Waals surface area contributed by atoms with Crippen LogP contribution in [0.5, 0.6) is 0 Å². The highest BCUT2D eigenvalue weighted by Crippen LogP contribution is 1.98. The average molecular weight is 106 g/mol. The summed E-state index contributed by atoms with van der Waals surface area (Å²) in [5, 5.41) is 8.20. The van der Waals surface area contributed by atoms with Gasteiger partial charge in [0.15, 0.2) is 0 Å². The first-order valence-electron chi connectivity index (χ1n) is 2.48. The van der Waals surface area contributed by atoms with Gasteiger partial charge in [-0.3, -0.25) is 4.39 Å². The zero-order chi connectivity index (χ0) is 5.70. The number of halogens is 1. The van der Waals surface area contributed by atoms with Crippen molar-refractivity contribution in [3.8, 4) is 0 Å². The van der Waals surface area contributed by atoms with Crippen LogP contribution in [0.2, 0.25) is 0 Å². The smallest absolute Gasteiger partial charge is 0.0920 e. The van der Waals surface area contributed by atoms with Gasteiger partial charge in [-0.05, 0) is 12.3 Å². The zero-order valence-electron chi connectivity index (χ0n) is 4.52. The van der Waals surface area contributed by atoms with Gasteiger partial charge in [-0.25, -0.2) is 0 Å². The fourth-order valence-electron chi connectivity index (χ4n) is 0.298. The summed E-state index contributed by atoms with van der Waals surface area (Å²) in [6, 6.07) is 0. The van der Waals surface area contributed by atoms with E-state index in [9.17, 15) is 4.39 Å². The Hall–Kier alpha value is -0.110. The molecule has 44 valence electrons. The molecule has 1 atom stereocenters. The molecule has 0 aromatic heterocycles. The highest BCUT2D eigenvalue weighted by molar-refractivity contribution is 4.46. The molecule has 0 aliphatic rings. The molecule has 0 amide bonds. The first kappa shape index (κ1) is 6.89. The van der Waals surface area contributed by atoms with Crippen molar-refractivity contribution in [2.75, 3.05) is 13.3 Å². The molecule has 0 aromatic rings. The van der Waals surface area contributed by atoms with Crippen LogP contribution < -0.4 is 0 Å². The van der Waals surface area contributed by atoms with Gasteiger partial charge in [0.2, 0.25) is 0 Å². The molecule has 0 aliphatic heterocycles. The van der Waals surface area contributed by atoms with Gasteiger partial charge in [-0.15, -0.1) is 0 Å². The van der Waals surface area contributed by atoms with Crippen LogP contribution in [0.15, 0.2) is 0 Å². The molecule has 0 aliphatic carbocycles. The quantitative estimate of drug-likeness (QED) is 0.568. The highest BCUT2D eigenvalue weighted by atomic mass is 19.1. The molecular formula is C5H11FO. The SMILES string of the molecule is CC(CF)CCO. The molecule has 0 heterocycles. The fourth-order valence-corrected chi connectivity index (χ4v) is 0.298. The van der Waals surface area contributed by atoms with Gasteiger partial charge in [0, 0.05) is 6.61 Å². The third-order valence-corrected chi connectivity index (χ3v) is 0.885. The second kappa shape index (κ2) is 4.06. The fraction of sp³-hybridized carbons (Fsp3) is 1.00. The third-order valence-electron chi connectivity index (χ3n) is 0.885. The van der Waals surface area contributed by atoms with Gasteiger partial charge in [0.25, 0.3) is 0 Å². The van der Waals surface area contributed by atoms with Gasteiger partial charge < -0.3 is 5.11 Å². The standard InChI is InChI=1S/C5H11FO/c1-5(4-6)2-3-7/h5,7H,2-4H2,1H3.